The predicted octanol–water partition coefficient (Wildman–Crippen LogP) is 6.16. The third-order valence-corrected chi connectivity index (χ3v) is 5.00. The van der Waals surface area contributed by atoms with E-state index in [9.17, 15) is 0 Å². The topological polar surface area (TPSA) is 30.5 Å². The van der Waals surface area contributed by atoms with E-state index in [0.717, 1.165) is 26.2 Å². The Kier molecular flexibility index (Phi) is 7.74. The van der Waals surface area contributed by atoms with Gasteiger partial charge in [-0.3, -0.25) is 0 Å². The summed E-state index contributed by atoms with van der Waals surface area (Å²) in [5.41, 5.74) is 2.80. The lowest BCUT2D eigenvalue weighted by atomic mass is 10.1. The molecule has 2 rings (SSSR count). The normalized spacial score (nSPS) is 14.1. The van der Waals surface area contributed by atoms with Crippen LogP contribution in [-0.4, -0.2) is 14.9 Å². The first-order valence-electron chi connectivity index (χ1n) is 8.74. The van der Waals surface area contributed by atoms with Crippen LogP contribution >= 0.6 is 22.6 Å². The van der Waals surface area contributed by atoms with Gasteiger partial charge in [0.2, 0.25) is 8.32 Å². The van der Waals surface area contributed by atoms with Gasteiger partial charge < -0.3 is 14.5 Å². The molecule has 0 aliphatic carbocycles. The van der Waals surface area contributed by atoms with Gasteiger partial charge in [0.15, 0.2) is 0 Å². The minimum Gasteiger partial charge on any atom is -0.544 e. The SMILES string of the molecule is C=CCOc1ccc(I)cc1C=C(C(=C)O[Si](C)(C)C)C1=CC=CC=CN1. The predicted molar refractivity (Wildman–Crippen MR) is 126 cm³/mol. The van der Waals surface area contributed by atoms with Crippen molar-refractivity contribution in [2.24, 2.45) is 0 Å². The molecule has 0 bridgehead atoms. The van der Waals surface area contributed by atoms with Crippen molar-refractivity contribution in [3.8, 4) is 5.75 Å². The van der Waals surface area contributed by atoms with Crippen molar-refractivity contribution >= 4 is 37.0 Å². The van der Waals surface area contributed by atoms with Gasteiger partial charge >= 0.3 is 0 Å². The molecular weight excluding hydrogens is 465 g/mol. The summed E-state index contributed by atoms with van der Waals surface area (Å²) >= 11 is 2.30. The van der Waals surface area contributed by atoms with E-state index in [1.165, 1.54) is 0 Å². The molecule has 0 aromatic heterocycles. The number of nitrogens with one attached hydrogen (secondary N) is 1. The Hall–Kier alpha value is -1.99. The fourth-order valence-electron chi connectivity index (χ4n) is 2.43. The Morgan fingerprint density at radius 1 is 1.22 bits per heavy atom. The number of halogens is 1. The number of hydrogen-bond acceptors (Lipinski definition) is 3. The van der Waals surface area contributed by atoms with Gasteiger partial charge in [-0.2, -0.15) is 0 Å². The van der Waals surface area contributed by atoms with E-state index in [0.29, 0.717) is 12.4 Å². The van der Waals surface area contributed by atoms with E-state index in [4.69, 9.17) is 9.16 Å². The molecule has 1 aliphatic rings. The van der Waals surface area contributed by atoms with Crippen molar-refractivity contribution in [3.63, 3.8) is 0 Å². The molecule has 0 radical (unpaired) electrons. The van der Waals surface area contributed by atoms with Crippen LogP contribution in [0, 0.1) is 3.57 Å². The van der Waals surface area contributed by atoms with Gasteiger partial charge in [-0.05, 0) is 78.7 Å². The number of benzene rings is 1. The van der Waals surface area contributed by atoms with Crippen LogP contribution in [0.2, 0.25) is 19.6 Å². The van der Waals surface area contributed by atoms with E-state index in [1.54, 1.807) is 6.08 Å². The van der Waals surface area contributed by atoms with Gasteiger partial charge in [-0.25, -0.2) is 0 Å². The van der Waals surface area contributed by atoms with Crippen LogP contribution in [0.15, 0.2) is 85.0 Å². The first-order valence-corrected chi connectivity index (χ1v) is 13.2. The van der Waals surface area contributed by atoms with Gasteiger partial charge in [0.25, 0.3) is 0 Å². The van der Waals surface area contributed by atoms with Crippen LogP contribution < -0.4 is 10.1 Å². The summed E-state index contributed by atoms with van der Waals surface area (Å²) in [6, 6.07) is 6.09. The van der Waals surface area contributed by atoms with Gasteiger partial charge in [0, 0.05) is 26.6 Å². The van der Waals surface area contributed by atoms with Crippen LogP contribution in [0.5, 0.6) is 5.75 Å². The second kappa shape index (κ2) is 9.80. The standard InChI is InChI=1S/C22H26INO2Si/c1-6-14-25-22-12-11-19(23)15-18(22)16-20(17(2)26-27(3,4)5)21-10-8-7-9-13-24-21/h6-13,15-16,24H,1-2,14H2,3-5H3. The van der Waals surface area contributed by atoms with Crippen molar-refractivity contribution in [2.75, 3.05) is 6.61 Å². The number of ether oxygens (including phenoxy) is 1. The lowest BCUT2D eigenvalue weighted by molar-refractivity contribution is 0.362. The first-order chi connectivity index (χ1) is 12.8. The number of hydrogen-bond donors (Lipinski definition) is 1. The molecule has 5 heteroatoms. The van der Waals surface area contributed by atoms with E-state index < -0.39 is 8.32 Å². The summed E-state index contributed by atoms with van der Waals surface area (Å²) in [5, 5.41) is 3.31. The average molecular weight is 491 g/mol. The molecule has 0 amide bonds. The molecule has 142 valence electrons. The molecule has 27 heavy (non-hydrogen) atoms. The molecule has 0 saturated carbocycles. The monoisotopic (exact) mass is 491 g/mol. The van der Waals surface area contributed by atoms with Crippen molar-refractivity contribution in [1.82, 2.24) is 5.32 Å². The average Bonchev–Trinajstić information content (AvgIpc) is 2.86. The van der Waals surface area contributed by atoms with Crippen molar-refractivity contribution in [1.29, 1.82) is 0 Å². The highest BCUT2D eigenvalue weighted by molar-refractivity contribution is 14.1. The third-order valence-electron chi connectivity index (χ3n) is 3.47. The molecule has 1 heterocycles. The van der Waals surface area contributed by atoms with Crippen molar-refractivity contribution < 1.29 is 9.16 Å². The molecule has 0 atom stereocenters. The molecule has 0 unspecified atom stereocenters. The summed E-state index contributed by atoms with van der Waals surface area (Å²) in [6.07, 6.45) is 13.6. The molecule has 0 saturated heterocycles. The molecule has 1 aromatic rings. The zero-order valence-corrected chi connectivity index (χ0v) is 19.2. The minimum absolute atomic E-state index is 0.454. The maximum absolute atomic E-state index is 6.21. The smallest absolute Gasteiger partial charge is 0.242 e. The number of rotatable bonds is 8. The summed E-state index contributed by atoms with van der Waals surface area (Å²) in [5.74, 6) is 1.46. The summed E-state index contributed by atoms with van der Waals surface area (Å²) in [6.45, 7) is 14.8. The van der Waals surface area contributed by atoms with Gasteiger partial charge in [-0.15, -0.1) is 0 Å². The third kappa shape index (κ3) is 6.91. The molecule has 0 spiro atoms. The summed E-state index contributed by atoms with van der Waals surface area (Å²) in [7, 11) is -1.80. The summed E-state index contributed by atoms with van der Waals surface area (Å²) < 4.78 is 13.2. The Morgan fingerprint density at radius 3 is 2.70 bits per heavy atom. The molecule has 3 nitrogen and oxygen atoms in total. The van der Waals surface area contributed by atoms with E-state index in [1.807, 2.05) is 42.6 Å². The van der Waals surface area contributed by atoms with E-state index in [2.05, 4.69) is 72.8 Å². The molecular formula is C22H26INO2Si. The highest BCUT2D eigenvalue weighted by Crippen LogP contribution is 2.29. The van der Waals surface area contributed by atoms with Crippen LogP contribution in [0.4, 0.5) is 0 Å². The second-order valence-corrected chi connectivity index (χ2v) is 12.6. The fourth-order valence-corrected chi connectivity index (χ4v) is 3.79. The lowest BCUT2D eigenvalue weighted by Crippen LogP contribution is -2.26. The lowest BCUT2D eigenvalue weighted by Gasteiger charge is -2.24. The molecule has 1 N–H and O–H groups in total. The maximum Gasteiger partial charge on any atom is 0.242 e. The zero-order chi connectivity index (χ0) is 19.9. The molecule has 1 aromatic carbocycles. The second-order valence-electron chi connectivity index (χ2n) is 6.95. The Labute approximate surface area is 177 Å². The van der Waals surface area contributed by atoms with Gasteiger partial charge in [0.05, 0.1) is 0 Å². The molecule has 1 aliphatic heterocycles. The van der Waals surface area contributed by atoms with E-state index >= 15 is 0 Å². The van der Waals surface area contributed by atoms with Crippen LogP contribution in [0.3, 0.4) is 0 Å². The maximum atomic E-state index is 6.21. The summed E-state index contributed by atoms with van der Waals surface area (Å²) in [4.78, 5) is 0. The highest BCUT2D eigenvalue weighted by atomic mass is 127. The Balaban J connectivity index is 2.52. The van der Waals surface area contributed by atoms with Crippen LogP contribution in [-0.2, 0) is 4.43 Å². The van der Waals surface area contributed by atoms with Gasteiger partial charge in [0.1, 0.15) is 18.1 Å². The Morgan fingerprint density at radius 2 is 2.00 bits per heavy atom. The fraction of sp³-hybridized carbons (Fsp3) is 0.182. The highest BCUT2D eigenvalue weighted by Gasteiger charge is 2.21. The quantitative estimate of drug-likeness (QED) is 0.155. The van der Waals surface area contributed by atoms with Crippen LogP contribution in [0.25, 0.3) is 6.08 Å². The largest absolute Gasteiger partial charge is 0.544 e. The van der Waals surface area contributed by atoms with E-state index in [-0.39, 0.29) is 0 Å². The van der Waals surface area contributed by atoms with Crippen molar-refractivity contribution in [2.45, 2.75) is 19.6 Å². The van der Waals surface area contributed by atoms with Gasteiger partial charge in [-0.1, -0.05) is 31.4 Å². The Bertz CT molecular complexity index is 829. The first kappa shape index (κ1) is 21.3. The van der Waals surface area contributed by atoms with Crippen LogP contribution in [0.1, 0.15) is 5.56 Å². The molecule has 0 fully saturated rings. The number of allylic oxidation sites excluding steroid dienone is 4. The van der Waals surface area contributed by atoms with Crippen molar-refractivity contribution in [3.05, 3.63) is 94.1 Å². The zero-order valence-electron chi connectivity index (χ0n) is 16.1. The minimum atomic E-state index is -1.80.